The molecule has 3 heteroatoms. The van der Waals surface area contributed by atoms with Crippen molar-refractivity contribution in [3.05, 3.63) is 166 Å². The van der Waals surface area contributed by atoms with Crippen LogP contribution in [-0.4, -0.2) is 11.6 Å². The predicted octanol–water partition coefficient (Wildman–Crippen LogP) is 12.8. The Morgan fingerprint density at radius 1 is 0.528 bits per heavy atom. The molecule has 0 aromatic heterocycles. The van der Waals surface area contributed by atoms with Crippen molar-refractivity contribution in [2.24, 2.45) is 0 Å². The molecule has 3 nitrogen and oxygen atoms in total. The zero-order valence-corrected chi connectivity index (χ0v) is 31.3. The number of nitrogens with zero attached hydrogens (tertiary/aromatic N) is 1. The van der Waals surface area contributed by atoms with E-state index in [2.05, 4.69) is 125 Å². The fourth-order valence-electron chi connectivity index (χ4n) is 8.19. The molecule has 7 aromatic carbocycles. The Labute approximate surface area is 311 Å². The lowest BCUT2D eigenvalue weighted by atomic mass is 9.80. The Morgan fingerprint density at radius 3 is 1.74 bits per heavy atom. The molecule has 1 heterocycles. The molecule has 0 fully saturated rings. The molecule has 9 rings (SSSR count). The summed E-state index contributed by atoms with van der Waals surface area (Å²) in [7, 11) is 0. The summed E-state index contributed by atoms with van der Waals surface area (Å²) < 4.78 is 0. The van der Waals surface area contributed by atoms with Crippen molar-refractivity contribution >= 4 is 67.0 Å². The summed E-state index contributed by atoms with van der Waals surface area (Å²) in [5.74, 6) is -0.406. The van der Waals surface area contributed by atoms with Crippen molar-refractivity contribution in [1.82, 2.24) is 0 Å². The maximum Gasteiger partial charge on any atom is 0.197 e. The van der Waals surface area contributed by atoms with Crippen LogP contribution in [0.25, 0.3) is 38.4 Å². The van der Waals surface area contributed by atoms with Gasteiger partial charge >= 0.3 is 0 Å². The predicted molar refractivity (Wildman–Crippen MR) is 222 cm³/mol. The quantitative estimate of drug-likeness (QED) is 0.134. The van der Waals surface area contributed by atoms with Crippen molar-refractivity contribution in [2.45, 2.75) is 65.2 Å². The van der Waals surface area contributed by atoms with E-state index < -0.39 is 0 Å². The number of ketones is 2. The highest BCUT2D eigenvalue weighted by Crippen LogP contribution is 2.48. The summed E-state index contributed by atoms with van der Waals surface area (Å²) in [6.45, 7) is 13.8. The molecule has 0 saturated carbocycles. The van der Waals surface area contributed by atoms with Crippen molar-refractivity contribution in [1.29, 1.82) is 0 Å². The minimum atomic E-state index is -0.203. The van der Waals surface area contributed by atoms with Crippen LogP contribution in [0.2, 0.25) is 0 Å². The molecule has 0 N–H and O–H groups in total. The van der Waals surface area contributed by atoms with Gasteiger partial charge in [0.2, 0.25) is 0 Å². The molecule has 260 valence electrons. The summed E-state index contributed by atoms with van der Waals surface area (Å²) in [5.41, 5.74) is 10.8. The average Bonchev–Trinajstić information content (AvgIpc) is 3.25. The molecule has 1 aliphatic heterocycles. The van der Waals surface area contributed by atoms with E-state index in [-0.39, 0.29) is 28.0 Å². The van der Waals surface area contributed by atoms with Gasteiger partial charge in [0.05, 0.1) is 11.3 Å². The van der Waals surface area contributed by atoms with Crippen LogP contribution in [0.5, 0.6) is 0 Å². The van der Waals surface area contributed by atoms with E-state index in [0.717, 1.165) is 39.9 Å². The summed E-state index contributed by atoms with van der Waals surface area (Å²) >= 11 is 0. The zero-order valence-electron chi connectivity index (χ0n) is 31.3. The van der Waals surface area contributed by atoms with Crippen LogP contribution in [0.1, 0.15) is 90.1 Å². The summed E-state index contributed by atoms with van der Waals surface area (Å²) in [5, 5.41) is 6.61. The van der Waals surface area contributed by atoms with Gasteiger partial charge in [-0.05, 0) is 127 Å². The standard InChI is InChI=1S/C50H43NO2/c1-49(2,3)38-27-39(50(4,5)6)29-40(28-38)51-45-26-35-16-15-30(22-44-47(52)42-24-33-12-7-8-13-34(33)25-43(42)48(44)53)21-37(35)23-36(45)20-19-32-18-17-31-11-9-10-14-41(31)46(32)51/h7-18,21-29H,19-20H2,1-6H3. The van der Waals surface area contributed by atoms with E-state index in [1.807, 2.05) is 42.5 Å². The second-order valence-electron chi connectivity index (χ2n) is 16.9. The van der Waals surface area contributed by atoms with Crippen LogP contribution in [0.4, 0.5) is 17.1 Å². The summed E-state index contributed by atoms with van der Waals surface area (Å²) in [6, 6.07) is 43.0. The van der Waals surface area contributed by atoms with Crippen LogP contribution in [0, 0.1) is 0 Å². The number of carbonyl (C=O) groups excluding carboxylic acids is 2. The van der Waals surface area contributed by atoms with Gasteiger partial charge in [-0.15, -0.1) is 0 Å². The summed E-state index contributed by atoms with van der Waals surface area (Å²) in [4.78, 5) is 29.7. The summed E-state index contributed by atoms with van der Waals surface area (Å²) in [6.07, 6.45) is 3.59. The molecular weight excluding hydrogens is 647 g/mol. The Bertz CT molecular complexity index is 2640. The minimum absolute atomic E-state index is 0.0303. The molecule has 0 radical (unpaired) electrons. The van der Waals surface area contributed by atoms with E-state index in [1.165, 1.54) is 50.1 Å². The van der Waals surface area contributed by atoms with Gasteiger partial charge < -0.3 is 4.90 Å². The Hall–Kier alpha value is -5.80. The van der Waals surface area contributed by atoms with Crippen molar-refractivity contribution < 1.29 is 9.59 Å². The smallest absolute Gasteiger partial charge is 0.197 e. The molecule has 7 aromatic rings. The molecule has 0 atom stereocenters. The molecular formula is C50H43NO2. The first-order valence-corrected chi connectivity index (χ1v) is 18.7. The molecule has 0 bridgehead atoms. The Morgan fingerprint density at radius 2 is 1.09 bits per heavy atom. The van der Waals surface area contributed by atoms with Gasteiger partial charge in [0.15, 0.2) is 11.6 Å². The third-order valence-electron chi connectivity index (χ3n) is 11.3. The van der Waals surface area contributed by atoms with Gasteiger partial charge in [-0.25, -0.2) is 0 Å². The fourth-order valence-corrected chi connectivity index (χ4v) is 8.19. The van der Waals surface area contributed by atoms with Crippen LogP contribution in [-0.2, 0) is 23.7 Å². The van der Waals surface area contributed by atoms with E-state index in [1.54, 1.807) is 6.08 Å². The highest BCUT2D eigenvalue weighted by molar-refractivity contribution is 6.42. The Kier molecular flexibility index (Phi) is 7.40. The highest BCUT2D eigenvalue weighted by Gasteiger charge is 2.34. The number of hydrogen-bond donors (Lipinski definition) is 0. The van der Waals surface area contributed by atoms with Gasteiger partial charge in [0.25, 0.3) is 0 Å². The first kappa shape index (κ1) is 33.1. The molecule has 1 aliphatic carbocycles. The fraction of sp³-hybridized carbons (Fsp3) is 0.200. The lowest BCUT2D eigenvalue weighted by Gasteiger charge is -2.33. The van der Waals surface area contributed by atoms with Gasteiger partial charge in [0.1, 0.15) is 0 Å². The van der Waals surface area contributed by atoms with Gasteiger partial charge in [-0.3, -0.25) is 9.59 Å². The van der Waals surface area contributed by atoms with E-state index in [9.17, 15) is 9.59 Å². The normalized spacial score (nSPS) is 14.5. The van der Waals surface area contributed by atoms with Gasteiger partial charge in [-0.2, -0.15) is 0 Å². The van der Waals surface area contributed by atoms with E-state index >= 15 is 0 Å². The molecule has 0 amide bonds. The second kappa shape index (κ2) is 11.9. The van der Waals surface area contributed by atoms with Crippen LogP contribution in [0.3, 0.4) is 0 Å². The van der Waals surface area contributed by atoms with Gasteiger partial charge in [0, 0.05) is 27.9 Å². The minimum Gasteiger partial charge on any atom is -0.309 e. The lowest BCUT2D eigenvalue weighted by Crippen LogP contribution is -2.19. The van der Waals surface area contributed by atoms with Crippen LogP contribution >= 0.6 is 0 Å². The average molecular weight is 690 g/mol. The first-order chi connectivity index (χ1) is 25.3. The Balaban J connectivity index is 1.21. The van der Waals surface area contributed by atoms with Crippen LogP contribution < -0.4 is 4.90 Å². The number of benzene rings is 7. The number of carbonyl (C=O) groups is 2. The number of anilines is 3. The monoisotopic (exact) mass is 689 g/mol. The third kappa shape index (κ3) is 5.58. The number of allylic oxidation sites excluding steroid dienone is 1. The third-order valence-corrected chi connectivity index (χ3v) is 11.3. The topological polar surface area (TPSA) is 37.4 Å². The second-order valence-corrected chi connectivity index (χ2v) is 16.9. The number of aryl methyl sites for hydroxylation is 2. The van der Waals surface area contributed by atoms with Crippen molar-refractivity contribution in [3.63, 3.8) is 0 Å². The molecule has 0 saturated heterocycles. The molecule has 0 spiro atoms. The number of hydrogen-bond acceptors (Lipinski definition) is 3. The molecule has 2 aliphatic rings. The highest BCUT2D eigenvalue weighted by atomic mass is 16.2. The molecule has 53 heavy (non-hydrogen) atoms. The largest absolute Gasteiger partial charge is 0.309 e. The maximum atomic E-state index is 13.6. The van der Waals surface area contributed by atoms with E-state index in [4.69, 9.17) is 0 Å². The lowest BCUT2D eigenvalue weighted by molar-refractivity contribution is 0.0990. The first-order valence-electron chi connectivity index (χ1n) is 18.7. The number of rotatable bonds is 2. The SMILES string of the molecule is CC(C)(C)c1cc(N2c3cc4ccc(C=C5C(=O)c6cc7ccccc7cc6C5=O)cc4cc3CCc3ccc4ccccc4c32)cc(C(C)(C)C)c1. The van der Waals surface area contributed by atoms with E-state index in [0.29, 0.717) is 11.1 Å². The number of fused-ring (bicyclic) bond motifs is 7. The van der Waals surface area contributed by atoms with Crippen molar-refractivity contribution in [2.75, 3.05) is 4.90 Å². The zero-order chi connectivity index (χ0) is 36.8. The number of Topliss-reactive ketones (excluding diaryl/α,β-unsaturated/α-hetero) is 2. The van der Waals surface area contributed by atoms with Crippen molar-refractivity contribution in [3.8, 4) is 0 Å². The van der Waals surface area contributed by atoms with Crippen LogP contribution in [0.15, 0.2) is 127 Å². The maximum absolute atomic E-state index is 13.6. The van der Waals surface area contributed by atoms with Gasteiger partial charge in [-0.1, -0.05) is 120 Å². The molecule has 0 unspecified atom stereocenters.